The van der Waals surface area contributed by atoms with Crippen LogP contribution in [0.2, 0.25) is 9.88 Å². The van der Waals surface area contributed by atoms with E-state index in [1.165, 1.54) is 13.1 Å². The van der Waals surface area contributed by atoms with Crippen LogP contribution in [-0.4, -0.2) is 42.4 Å². The molecule has 0 atom stereocenters. The van der Waals surface area contributed by atoms with Gasteiger partial charge >= 0.3 is 31.0 Å². The summed E-state index contributed by atoms with van der Waals surface area (Å²) < 4.78 is 0. The summed E-state index contributed by atoms with van der Waals surface area (Å²) in [6.07, 6.45) is 2.45. The number of pyridine rings is 1. The fraction of sp³-hybridized carbons (Fsp3) is 0.250. The van der Waals surface area contributed by atoms with Crippen molar-refractivity contribution in [3.05, 3.63) is 51.3 Å². The summed E-state index contributed by atoms with van der Waals surface area (Å²) in [5, 5.41) is 43.5. The molecule has 2 rings (SSSR count). The molecule has 0 saturated carbocycles. The molecule has 8 nitrogen and oxygen atoms in total. The first-order valence-corrected chi connectivity index (χ1v) is 12.9. The molecule has 0 radical (unpaired) electrons. The third kappa shape index (κ3) is 5.68. The second kappa shape index (κ2) is 9.94. The van der Waals surface area contributed by atoms with E-state index in [0.717, 1.165) is 24.4 Å². The Bertz CT molecular complexity index is 781. The molecule has 130 valence electrons. The van der Waals surface area contributed by atoms with Crippen molar-refractivity contribution in [3.8, 4) is 11.5 Å². The zero-order valence-corrected chi connectivity index (χ0v) is 16.9. The normalized spacial score (nSPS) is 10.1. The van der Waals surface area contributed by atoms with E-state index in [-0.39, 0.29) is 49.3 Å². The molecule has 1 aromatic heterocycles. The van der Waals surface area contributed by atoms with Crippen molar-refractivity contribution in [3.63, 3.8) is 0 Å². The predicted molar refractivity (Wildman–Crippen MR) is 91.6 cm³/mol. The third-order valence-corrected chi connectivity index (χ3v) is 2.99. The molecule has 0 fully saturated rings. The van der Waals surface area contributed by atoms with E-state index in [1.807, 2.05) is 0 Å². The Morgan fingerprint density at radius 1 is 1.36 bits per heavy atom. The predicted octanol–water partition coefficient (Wildman–Crippen LogP) is 1.48. The first-order valence-electron chi connectivity index (χ1n) is 7.20. The first kappa shape index (κ1) is 20.8. The quantitative estimate of drug-likeness (QED) is 0.325. The van der Waals surface area contributed by atoms with Gasteiger partial charge in [-0.2, -0.15) is 0 Å². The number of nitro groups is 1. The van der Waals surface area contributed by atoms with Crippen molar-refractivity contribution in [2.45, 2.75) is 23.4 Å². The first-order chi connectivity index (χ1) is 11.8. The molecule has 1 heterocycles. The van der Waals surface area contributed by atoms with E-state index in [4.69, 9.17) is 0 Å². The number of nitrogens with zero attached hydrogens (tertiary/aromatic N) is 3. The van der Waals surface area contributed by atoms with Crippen LogP contribution in [0.1, 0.15) is 16.8 Å². The Labute approximate surface area is 155 Å². The zero-order chi connectivity index (χ0) is 19.0. The summed E-state index contributed by atoms with van der Waals surface area (Å²) >= 11 is 0.230. The molecule has 0 aliphatic carbocycles. The van der Waals surface area contributed by atoms with E-state index in [2.05, 4.69) is 19.9 Å². The van der Waals surface area contributed by atoms with Gasteiger partial charge in [0.1, 0.15) is 0 Å². The molecule has 25 heavy (non-hydrogen) atoms. The summed E-state index contributed by atoms with van der Waals surface area (Å²) in [7, 11) is 0. The van der Waals surface area contributed by atoms with Crippen molar-refractivity contribution < 1.29 is 20.2 Å². The van der Waals surface area contributed by atoms with Gasteiger partial charge in [-0.1, -0.05) is 17.6 Å². The van der Waals surface area contributed by atoms with Gasteiger partial charge in [-0.3, -0.25) is 20.1 Å². The second-order valence-electron chi connectivity index (χ2n) is 4.94. The van der Waals surface area contributed by atoms with Crippen LogP contribution < -0.4 is 10.2 Å². The Hall–Kier alpha value is -2.20. The SMILES string of the molecule is Cc1ncc(CO)c(C=Nc2cc([N+](=O)[O-])ccc2[O-])c1[O-].[CH3][Sn+2][CH3]. The molecular weight excluding hydrogens is 433 g/mol. The number of hydrogen-bond donors (Lipinski definition) is 1. The van der Waals surface area contributed by atoms with Crippen molar-refractivity contribution in [2.75, 3.05) is 0 Å². The van der Waals surface area contributed by atoms with Gasteiger partial charge in [-0.15, -0.1) is 0 Å². The van der Waals surface area contributed by atoms with Crippen molar-refractivity contribution >= 4 is 38.7 Å². The second-order valence-corrected chi connectivity index (χ2v) is 7.79. The summed E-state index contributed by atoms with van der Waals surface area (Å²) in [6.45, 7) is 1.09. The molecule has 2 aromatic rings. The van der Waals surface area contributed by atoms with Crippen molar-refractivity contribution in [1.29, 1.82) is 0 Å². The van der Waals surface area contributed by atoms with E-state index in [1.54, 1.807) is 0 Å². The average Bonchev–Trinajstić information content (AvgIpc) is 2.58. The minimum atomic E-state index is -0.646. The Morgan fingerprint density at radius 2 is 2.00 bits per heavy atom. The van der Waals surface area contributed by atoms with Crippen molar-refractivity contribution in [1.82, 2.24) is 4.98 Å². The maximum atomic E-state index is 12.0. The minimum absolute atomic E-state index is 0.0981. The van der Waals surface area contributed by atoms with Gasteiger partial charge in [0.25, 0.3) is 5.69 Å². The Morgan fingerprint density at radius 3 is 2.56 bits per heavy atom. The van der Waals surface area contributed by atoms with Crippen LogP contribution in [0, 0.1) is 17.0 Å². The van der Waals surface area contributed by atoms with Crippen LogP contribution in [0.15, 0.2) is 29.4 Å². The van der Waals surface area contributed by atoms with Gasteiger partial charge < -0.3 is 15.3 Å². The summed E-state index contributed by atoms with van der Waals surface area (Å²) in [6, 6.07) is 3.14. The number of non-ortho nitro benzene ring substituents is 1. The molecule has 1 N–H and O–H groups in total. The van der Waals surface area contributed by atoms with Gasteiger partial charge in [0.05, 0.1) is 17.2 Å². The van der Waals surface area contributed by atoms with Gasteiger partial charge in [-0.05, 0) is 12.5 Å². The molecule has 1 aromatic carbocycles. The number of benzene rings is 1. The summed E-state index contributed by atoms with van der Waals surface area (Å²) in [5.74, 6) is -0.932. The van der Waals surface area contributed by atoms with Crippen LogP contribution in [0.25, 0.3) is 0 Å². The van der Waals surface area contributed by atoms with E-state index < -0.39 is 23.0 Å². The number of aliphatic hydroxyl groups excluding tert-OH is 1. The number of rotatable bonds is 4. The molecule has 0 bridgehead atoms. The van der Waals surface area contributed by atoms with E-state index in [0.29, 0.717) is 0 Å². The van der Waals surface area contributed by atoms with Crippen LogP contribution in [0.4, 0.5) is 11.4 Å². The Kier molecular flexibility index (Phi) is 8.29. The molecule has 0 aliphatic heterocycles. The summed E-state index contributed by atoms with van der Waals surface area (Å²) in [4.78, 5) is 22.3. The average molecular weight is 450 g/mol. The number of hydrogen-bond acceptors (Lipinski definition) is 7. The van der Waals surface area contributed by atoms with Crippen molar-refractivity contribution in [2.24, 2.45) is 4.99 Å². The van der Waals surface area contributed by atoms with Crippen LogP contribution in [-0.2, 0) is 6.61 Å². The van der Waals surface area contributed by atoms with Gasteiger partial charge in [0.15, 0.2) is 0 Å². The topological polar surface area (TPSA) is 135 Å². The van der Waals surface area contributed by atoms with Crippen LogP contribution in [0.3, 0.4) is 0 Å². The monoisotopic (exact) mass is 451 g/mol. The molecular formula is C16H17N3O5Sn. The summed E-state index contributed by atoms with van der Waals surface area (Å²) in [5.41, 5.74) is 0.146. The molecule has 0 unspecified atom stereocenters. The van der Waals surface area contributed by atoms with E-state index >= 15 is 0 Å². The number of aromatic nitrogens is 1. The number of nitro benzene ring substituents is 1. The molecule has 0 saturated heterocycles. The third-order valence-electron chi connectivity index (χ3n) is 2.99. The van der Waals surface area contributed by atoms with Crippen LogP contribution in [0.5, 0.6) is 11.5 Å². The fourth-order valence-corrected chi connectivity index (χ4v) is 1.77. The number of aliphatic hydroxyl groups is 1. The maximum absolute atomic E-state index is 12.0. The van der Waals surface area contributed by atoms with Crippen LogP contribution >= 0.6 is 0 Å². The zero-order valence-electron chi connectivity index (χ0n) is 14.0. The van der Waals surface area contributed by atoms with Gasteiger partial charge in [-0.25, -0.2) is 0 Å². The standard InChI is InChI=1S/C14H13N3O5.2CH3.Sn/c1-8-14(20)11(9(7-18)5-15-8)6-16-12-4-10(17(21)22)2-3-13(12)19;;;/h2-6,18-20H,7H2,1H3;2*1H3;/q;;;+2/p-2. The molecule has 0 aliphatic rings. The molecule has 9 heteroatoms. The number of aliphatic imine (C=N–C) groups is 1. The molecule has 0 amide bonds. The van der Waals surface area contributed by atoms with Gasteiger partial charge in [0, 0.05) is 35.8 Å². The molecule has 0 spiro atoms. The fourth-order valence-electron chi connectivity index (χ4n) is 1.77. The van der Waals surface area contributed by atoms with E-state index in [9.17, 15) is 25.4 Å². The number of aryl methyl sites for hydroxylation is 1. The van der Waals surface area contributed by atoms with Gasteiger partial charge in [0.2, 0.25) is 0 Å². The Balaban J connectivity index is 0.000000970.